The van der Waals surface area contributed by atoms with Gasteiger partial charge in [0.2, 0.25) is 11.8 Å². The number of rotatable bonds is 7. The number of nitrogens with one attached hydrogen (secondary N) is 2. The molecule has 0 spiro atoms. The number of nitrogens with two attached hydrogens (primary N) is 1. The second-order valence-electron chi connectivity index (χ2n) is 3.35. The van der Waals surface area contributed by atoms with Gasteiger partial charge in [0.05, 0.1) is 0 Å². The smallest absolute Gasteiger partial charge is 0.288 e. The number of anilines is 1. The predicted molar refractivity (Wildman–Crippen MR) is 58.9 cm³/mol. The van der Waals surface area contributed by atoms with Gasteiger partial charge in [0.25, 0.3) is 5.91 Å². The molecular weight excluding hydrogens is 210 g/mol. The van der Waals surface area contributed by atoms with E-state index in [1.165, 1.54) is 0 Å². The summed E-state index contributed by atoms with van der Waals surface area (Å²) in [6.07, 6.45) is 2.94. The molecule has 0 radical (unpaired) electrons. The van der Waals surface area contributed by atoms with Gasteiger partial charge in [-0.25, -0.2) is 0 Å². The van der Waals surface area contributed by atoms with Gasteiger partial charge in [0.1, 0.15) is 0 Å². The van der Waals surface area contributed by atoms with E-state index < -0.39 is 0 Å². The number of H-pyrrole nitrogens is 1. The van der Waals surface area contributed by atoms with Crippen LogP contribution in [0.3, 0.4) is 0 Å². The standard InChI is InChI=1S/C9H17N5O2/c1-16-6-4-2-3-5-11-8(15)7-12-9(10)14-13-7/h2-6H2,1H3,(H,11,15)(H3,10,12,13,14). The number of ether oxygens (including phenoxy) is 1. The van der Waals surface area contributed by atoms with Gasteiger partial charge in [0, 0.05) is 20.3 Å². The molecule has 0 unspecified atom stereocenters. The van der Waals surface area contributed by atoms with Crippen molar-refractivity contribution in [1.82, 2.24) is 20.5 Å². The molecule has 7 heteroatoms. The number of methoxy groups -OCH3 is 1. The van der Waals surface area contributed by atoms with Crippen molar-refractivity contribution in [1.29, 1.82) is 0 Å². The minimum absolute atomic E-state index is 0.0743. The number of carbonyl (C=O) groups is 1. The third kappa shape index (κ3) is 4.26. The van der Waals surface area contributed by atoms with Crippen LogP contribution in [-0.4, -0.2) is 41.3 Å². The molecule has 0 aliphatic carbocycles. The molecule has 0 saturated carbocycles. The van der Waals surface area contributed by atoms with Gasteiger partial charge < -0.3 is 15.8 Å². The molecule has 0 fully saturated rings. The van der Waals surface area contributed by atoms with E-state index in [1.807, 2.05) is 0 Å². The summed E-state index contributed by atoms with van der Waals surface area (Å²) in [6.45, 7) is 1.37. The summed E-state index contributed by atoms with van der Waals surface area (Å²) in [4.78, 5) is 15.1. The highest BCUT2D eigenvalue weighted by atomic mass is 16.5. The number of hydrogen-bond acceptors (Lipinski definition) is 5. The second kappa shape index (κ2) is 6.78. The first-order chi connectivity index (χ1) is 7.74. The zero-order valence-corrected chi connectivity index (χ0v) is 9.32. The van der Waals surface area contributed by atoms with Crippen molar-refractivity contribution in [3.05, 3.63) is 5.82 Å². The number of unbranched alkanes of at least 4 members (excludes halogenated alkanes) is 2. The Morgan fingerprint density at radius 3 is 2.94 bits per heavy atom. The molecule has 1 amide bonds. The third-order valence-electron chi connectivity index (χ3n) is 2.03. The van der Waals surface area contributed by atoms with Crippen LogP contribution < -0.4 is 11.1 Å². The summed E-state index contributed by atoms with van der Waals surface area (Å²) in [5.74, 6) is -0.0597. The van der Waals surface area contributed by atoms with Crippen LogP contribution in [0.2, 0.25) is 0 Å². The normalized spacial score (nSPS) is 10.3. The zero-order chi connectivity index (χ0) is 11.8. The Bertz CT molecular complexity index is 325. The van der Waals surface area contributed by atoms with Gasteiger partial charge in [-0.15, -0.1) is 5.10 Å². The largest absolute Gasteiger partial charge is 0.385 e. The van der Waals surface area contributed by atoms with E-state index in [-0.39, 0.29) is 17.7 Å². The number of amides is 1. The fraction of sp³-hybridized carbons (Fsp3) is 0.667. The highest BCUT2D eigenvalue weighted by Crippen LogP contribution is 1.96. The molecule has 1 heterocycles. The van der Waals surface area contributed by atoms with Crippen molar-refractivity contribution in [3.8, 4) is 0 Å². The Kier molecular flexibility index (Phi) is 5.27. The number of nitrogens with zero attached hydrogens (tertiary/aromatic N) is 2. The van der Waals surface area contributed by atoms with E-state index in [4.69, 9.17) is 10.5 Å². The third-order valence-corrected chi connectivity index (χ3v) is 2.03. The summed E-state index contributed by atoms with van der Waals surface area (Å²) in [5.41, 5.74) is 5.28. The minimum atomic E-state index is -0.282. The zero-order valence-electron chi connectivity index (χ0n) is 9.32. The number of aromatic nitrogens is 3. The maximum absolute atomic E-state index is 11.4. The van der Waals surface area contributed by atoms with E-state index in [0.29, 0.717) is 6.54 Å². The van der Waals surface area contributed by atoms with E-state index in [2.05, 4.69) is 20.5 Å². The van der Waals surface area contributed by atoms with Gasteiger partial charge in [0.15, 0.2) is 0 Å². The highest BCUT2D eigenvalue weighted by Gasteiger charge is 2.08. The van der Waals surface area contributed by atoms with Crippen LogP contribution in [0.4, 0.5) is 5.95 Å². The average Bonchev–Trinajstić information content (AvgIpc) is 2.70. The quantitative estimate of drug-likeness (QED) is 0.565. The van der Waals surface area contributed by atoms with E-state index >= 15 is 0 Å². The maximum atomic E-state index is 11.4. The summed E-state index contributed by atoms with van der Waals surface area (Å²) < 4.78 is 4.92. The molecule has 0 aliphatic heterocycles. The highest BCUT2D eigenvalue weighted by molar-refractivity contribution is 5.90. The molecule has 4 N–H and O–H groups in total. The van der Waals surface area contributed by atoms with Crippen molar-refractivity contribution in [2.45, 2.75) is 19.3 Å². The molecule has 16 heavy (non-hydrogen) atoms. The average molecular weight is 227 g/mol. The molecule has 90 valence electrons. The topological polar surface area (TPSA) is 106 Å². The first kappa shape index (κ1) is 12.4. The van der Waals surface area contributed by atoms with Crippen LogP contribution in [0.15, 0.2) is 0 Å². The molecule has 7 nitrogen and oxygen atoms in total. The second-order valence-corrected chi connectivity index (χ2v) is 3.35. The number of aromatic amines is 1. The molecule has 0 aliphatic rings. The first-order valence-electron chi connectivity index (χ1n) is 5.19. The van der Waals surface area contributed by atoms with Crippen molar-refractivity contribution in [2.75, 3.05) is 26.0 Å². The van der Waals surface area contributed by atoms with Crippen molar-refractivity contribution >= 4 is 11.9 Å². The SMILES string of the molecule is COCCCCCNC(=O)c1nc(N)n[nH]1. The summed E-state index contributed by atoms with van der Waals surface area (Å²) in [6, 6.07) is 0. The van der Waals surface area contributed by atoms with Crippen LogP contribution >= 0.6 is 0 Å². The maximum Gasteiger partial charge on any atom is 0.288 e. The van der Waals surface area contributed by atoms with Crippen molar-refractivity contribution in [2.24, 2.45) is 0 Å². The molecule has 0 atom stereocenters. The number of hydrogen-bond donors (Lipinski definition) is 3. The lowest BCUT2D eigenvalue weighted by Crippen LogP contribution is -2.25. The van der Waals surface area contributed by atoms with Crippen LogP contribution in [0.5, 0.6) is 0 Å². The summed E-state index contributed by atoms with van der Waals surface area (Å²) in [7, 11) is 1.68. The Balaban J connectivity index is 2.11. The van der Waals surface area contributed by atoms with E-state index in [0.717, 1.165) is 25.9 Å². The van der Waals surface area contributed by atoms with Gasteiger partial charge >= 0.3 is 0 Å². The molecule has 0 bridgehead atoms. The molecule has 0 aromatic carbocycles. The van der Waals surface area contributed by atoms with Gasteiger partial charge in [-0.1, -0.05) is 0 Å². The van der Waals surface area contributed by atoms with Gasteiger partial charge in [-0.2, -0.15) is 4.98 Å². The van der Waals surface area contributed by atoms with E-state index in [9.17, 15) is 4.79 Å². The van der Waals surface area contributed by atoms with Crippen LogP contribution in [-0.2, 0) is 4.74 Å². The lowest BCUT2D eigenvalue weighted by molar-refractivity contribution is 0.0942. The monoisotopic (exact) mass is 227 g/mol. The molecule has 0 saturated heterocycles. The Morgan fingerprint density at radius 1 is 1.50 bits per heavy atom. The summed E-state index contributed by atoms with van der Waals surface area (Å²) in [5, 5.41) is 8.74. The minimum Gasteiger partial charge on any atom is -0.385 e. The van der Waals surface area contributed by atoms with Crippen molar-refractivity contribution < 1.29 is 9.53 Å². The van der Waals surface area contributed by atoms with Crippen LogP contribution in [0, 0.1) is 0 Å². The fourth-order valence-electron chi connectivity index (χ4n) is 1.21. The predicted octanol–water partition coefficient (Wildman–Crippen LogP) is -0.0666. The molecule has 1 aromatic rings. The fourth-order valence-corrected chi connectivity index (χ4v) is 1.21. The van der Waals surface area contributed by atoms with Crippen LogP contribution in [0.1, 0.15) is 29.9 Å². The lowest BCUT2D eigenvalue weighted by atomic mass is 10.2. The lowest BCUT2D eigenvalue weighted by Gasteiger charge is -2.02. The summed E-state index contributed by atoms with van der Waals surface area (Å²) >= 11 is 0. The van der Waals surface area contributed by atoms with Crippen LogP contribution in [0.25, 0.3) is 0 Å². The Labute approximate surface area is 93.8 Å². The molecule has 1 aromatic heterocycles. The number of nitrogen functional groups attached to an aromatic ring is 1. The van der Waals surface area contributed by atoms with Gasteiger partial charge in [-0.3, -0.25) is 9.89 Å². The van der Waals surface area contributed by atoms with Gasteiger partial charge in [-0.05, 0) is 19.3 Å². The van der Waals surface area contributed by atoms with E-state index in [1.54, 1.807) is 7.11 Å². The molecule has 1 rings (SSSR count). The first-order valence-corrected chi connectivity index (χ1v) is 5.19. The van der Waals surface area contributed by atoms with Crippen molar-refractivity contribution in [3.63, 3.8) is 0 Å². The number of carbonyl (C=O) groups excluding carboxylic acids is 1. The molecular formula is C9H17N5O2. The Hall–Kier alpha value is -1.63. The Morgan fingerprint density at radius 2 is 2.31 bits per heavy atom.